The molecule has 5 rings (SSSR count). The van der Waals surface area contributed by atoms with Crippen molar-refractivity contribution in [2.75, 3.05) is 13.1 Å². The molecule has 4 aromatic rings. The molecule has 0 radical (unpaired) electrons. The van der Waals surface area contributed by atoms with Crippen molar-refractivity contribution >= 4 is 46.5 Å². The van der Waals surface area contributed by atoms with E-state index in [-0.39, 0.29) is 11.5 Å². The monoisotopic (exact) mass is 605 g/mol. The van der Waals surface area contributed by atoms with Gasteiger partial charge in [0.2, 0.25) is 0 Å². The minimum absolute atomic E-state index is 0.134. The number of halogens is 2. The molecule has 0 saturated carbocycles. The summed E-state index contributed by atoms with van der Waals surface area (Å²) < 4.78 is 8.24. The molecule has 0 unspecified atom stereocenters. The van der Waals surface area contributed by atoms with E-state index in [1.807, 2.05) is 87.5 Å². The minimum Gasteiger partial charge on any atom is -0.488 e. The van der Waals surface area contributed by atoms with Crippen LogP contribution in [0.4, 0.5) is 0 Å². The third-order valence-electron chi connectivity index (χ3n) is 6.98. The summed E-state index contributed by atoms with van der Waals surface area (Å²) in [6.45, 7) is 7.14. The van der Waals surface area contributed by atoms with E-state index in [0.29, 0.717) is 56.1 Å². The number of hydrogen-bond donors (Lipinski definition) is 0. The van der Waals surface area contributed by atoms with E-state index in [1.165, 1.54) is 11.3 Å². The Labute approximate surface area is 252 Å². The second-order valence-electron chi connectivity index (χ2n) is 9.57. The topological polar surface area (TPSA) is 63.9 Å². The van der Waals surface area contributed by atoms with Crippen molar-refractivity contribution in [1.82, 2.24) is 9.47 Å². The van der Waals surface area contributed by atoms with Crippen LogP contribution in [-0.2, 0) is 11.4 Å². The van der Waals surface area contributed by atoms with Crippen molar-refractivity contribution in [2.24, 2.45) is 4.99 Å². The Bertz CT molecular complexity index is 1800. The summed E-state index contributed by atoms with van der Waals surface area (Å²) in [5.74, 6) is 0.506. The Hall–Kier alpha value is -3.65. The molecule has 1 aliphatic heterocycles. The van der Waals surface area contributed by atoms with E-state index < -0.39 is 6.04 Å². The first-order valence-corrected chi connectivity index (χ1v) is 14.9. The normalized spacial score (nSPS) is 15.0. The predicted octanol–water partition coefficient (Wildman–Crippen LogP) is 5.99. The van der Waals surface area contributed by atoms with E-state index in [1.54, 1.807) is 21.6 Å². The van der Waals surface area contributed by atoms with Gasteiger partial charge in [-0.05, 0) is 68.3 Å². The summed E-state index contributed by atoms with van der Waals surface area (Å²) >= 11 is 13.6. The molecule has 0 fully saturated rings. The number of rotatable bonds is 8. The lowest BCUT2D eigenvalue weighted by Crippen LogP contribution is -2.43. The summed E-state index contributed by atoms with van der Waals surface area (Å²) in [5.41, 5.74) is 3.35. The number of nitrogens with zero attached hydrogens (tertiary/aromatic N) is 3. The first-order chi connectivity index (χ1) is 19.8. The number of fused-ring (bicyclic) bond motifs is 1. The SMILES string of the molecule is CCN(CC)C(=O)C1=C(C)N=c2s/c(=C/c3ccccc3OCc3cccc(Cl)c3)c(=O)n2[C@H]1c1ccc(Cl)cc1. The van der Waals surface area contributed by atoms with Gasteiger partial charge in [0.05, 0.1) is 21.8 Å². The van der Waals surface area contributed by atoms with Gasteiger partial charge in [-0.25, -0.2) is 4.99 Å². The number of para-hydroxylation sites is 1. The maximum absolute atomic E-state index is 14.0. The van der Waals surface area contributed by atoms with Crippen LogP contribution in [0.1, 0.15) is 43.5 Å². The zero-order valence-electron chi connectivity index (χ0n) is 22.9. The van der Waals surface area contributed by atoms with Crippen molar-refractivity contribution in [3.63, 3.8) is 0 Å². The molecule has 0 spiro atoms. The zero-order valence-corrected chi connectivity index (χ0v) is 25.3. The number of aromatic nitrogens is 1. The fourth-order valence-electron chi connectivity index (χ4n) is 4.90. The van der Waals surface area contributed by atoms with Crippen LogP contribution in [0, 0.1) is 0 Å². The molecule has 0 saturated heterocycles. The number of allylic oxidation sites excluding steroid dienone is 1. The van der Waals surface area contributed by atoms with Crippen molar-refractivity contribution < 1.29 is 9.53 Å². The number of hydrogen-bond acceptors (Lipinski definition) is 5. The number of amides is 1. The molecular weight excluding hydrogens is 577 g/mol. The fraction of sp³-hybridized carbons (Fsp3) is 0.219. The van der Waals surface area contributed by atoms with E-state index in [2.05, 4.69) is 0 Å². The Morgan fingerprint density at radius 1 is 1.02 bits per heavy atom. The van der Waals surface area contributed by atoms with Crippen molar-refractivity contribution in [3.05, 3.63) is 130 Å². The molecule has 1 aliphatic rings. The highest BCUT2D eigenvalue weighted by Crippen LogP contribution is 2.32. The maximum atomic E-state index is 14.0. The number of thiazole rings is 1. The van der Waals surface area contributed by atoms with Gasteiger partial charge < -0.3 is 9.64 Å². The van der Waals surface area contributed by atoms with Gasteiger partial charge in [0.25, 0.3) is 11.5 Å². The summed E-state index contributed by atoms with van der Waals surface area (Å²) in [6, 6.07) is 21.7. The molecule has 0 bridgehead atoms. The predicted molar refractivity (Wildman–Crippen MR) is 165 cm³/mol. The number of carbonyl (C=O) groups is 1. The highest BCUT2D eigenvalue weighted by atomic mass is 35.5. The molecule has 3 aromatic carbocycles. The largest absolute Gasteiger partial charge is 0.488 e. The molecule has 1 aromatic heterocycles. The molecule has 9 heteroatoms. The van der Waals surface area contributed by atoms with Gasteiger partial charge in [0.1, 0.15) is 12.4 Å². The van der Waals surface area contributed by atoms with Crippen molar-refractivity contribution in [2.45, 2.75) is 33.4 Å². The molecule has 41 heavy (non-hydrogen) atoms. The third kappa shape index (κ3) is 6.03. The fourth-order valence-corrected chi connectivity index (χ4v) is 6.27. The summed E-state index contributed by atoms with van der Waals surface area (Å²) in [6.07, 6.45) is 1.82. The second-order valence-corrected chi connectivity index (χ2v) is 11.4. The van der Waals surface area contributed by atoms with E-state index in [9.17, 15) is 9.59 Å². The maximum Gasteiger partial charge on any atom is 0.271 e. The van der Waals surface area contributed by atoms with Crippen LogP contribution >= 0.6 is 34.5 Å². The number of benzene rings is 3. The smallest absolute Gasteiger partial charge is 0.271 e. The highest BCUT2D eigenvalue weighted by Gasteiger charge is 2.34. The van der Waals surface area contributed by atoms with Crippen molar-refractivity contribution in [1.29, 1.82) is 0 Å². The van der Waals surface area contributed by atoms with Gasteiger partial charge in [-0.1, -0.05) is 77.0 Å². The van der Waals surface area contributed by atoms with E-state index >= 15 is 0 Å². The third-order valence-corrected chi connectivity index (χ3v) is 8.45. The number of carbonyl (C=O) groups excluding carboxylic acids is 1. The van der Waals surface area contributed by atoms with Crippen LogP contribution < -0.4 is 19.6 Å². The number of likely N-dealkylation sites (N-methyl/N-ethyl adjacent to an activating group) is 1. The molecule has 2 heterocycles. The lowest BCUT2D eigenvalue weighted by molar-refractivity contribution is -0.127. The Morgan fingerprint density at radius 2 is 1.76 bits per heavy atom. The summed E-state index contributed by atoms with van der Waals surface area (Å²) in [5, 5.41) is 1.22. The van der Waals surface area contributed by atoms with Crippen LogP contribution in [0.5, 0.6) is 5.75 Å². The molecule has 1 atom stereocenters. The van der Waals surface area contributed by atoms with Gasteiger partial charge in [0, 0.05) is 28.7 Å². The van der Waals surface area contributed by atoms with Gasteiger partial charge in [-0.3, -0.25) is 14.2 Å². The average Bonchev–Trinajstić information content (AvgIpc) is 3.27. The Balaban J connectivity index is 1.61. The quantitative estimate of drug-likeness (QED) is 0.248. The zero-order chi connectivity index (χ0) is 29.1. The van der Waals surface area contributed by atoms with Gasteiger partial charge in [-0.2, -0.15) is 0 Å². The van der Waals surface area contributed by atoms with Gasteiger partial charge in [-0.15, -0.1) is 0 Å². The first kappa shape index (κ1) is 28.9. The molecule has 6 nitrogen and oxygen atoms in total. The highest BCUT2D eigenvalue weighted by molar-refractivity contribution is 7.07. The summed E-state index contributed by atoms with van der Waals surface area (Å²) in [7, 11) is 0. The lowest BCUT2D eigenvalue weighted by atomic mass is 9.94. The first-order valence-electron chi connectivity index (χ1n) is 13.3. The Morgan fingerprint density at radius 3 is 2.46 bits per heavy atom. The van der Waals surface area contributed by atoms with Crippen LogP contribution in [0.2, 0.25) is 10.0 Å². The van der Waals surface area contributed by atoms with Crippen LogP contribution in [0.15, 0.2) is 93.9 Å². The van der Waals surface area contributed by atoms with Crippen molar-refractivity contribution in [3.8, 4) is 5.75 Å². The number of ether oxygens (including phenoxy) is 1. The molecule has 1 amide bonds. The average molecular weight is 607 g/mol. The second kappa shape index (κ2) is 12.5. The minimum atomic E-state index is -0.631. The van der Waals surface area contributed by atoms with E-state index in [4.69, 9.17) is 32.9 Å². The molecule has 0 aliphatic carbocycles. The lowest BCUT2D eigenvalue weighted by Gasteiger charge is -2.29. The Kier molecular flexibility index (Phi) is 8.78. The van der Waals surface area contributed by atoms with Crippen LogP contribution in [0.25, 0.3) is 6.08 Å². The molecule has 0 N–H and O–H groups in total. The standard InChI is InChI=1S/C32H29Cl2N3O3S/c1-4-36(5-2)31(39)28-20(3)35-32-37(29(28)22-13-15-24(33)16-14-22)30(38)27(41-32)18-23-10-6-7-12-26(23)40-19-21-9-8-11-25(34)17-21/h6-18,29H,4-5,19H2,1-3H3/b27-18+/t29-/m0/s1. The van der Waals surface area contributed by atoms with Gasteiger partial charge in [0.15, 0.2) is 4.80 Å². The van der Waals surface area contributed by atoms with E-state index in [0.717, 1.165) is 16.7 Å². The van der Waals surface area contributed by atoms with Crippen LogP contribution in [-0.4, -0.2) is 28.5 Å². The van der Waals surface area contributed by atoms with Gasteiger partial charge >= 0.3 is 0 Å². The van der Waals surface area contributed by atoms with Crippen LogP contribution in [0.3, 0.4) is 0 Å². The summed E-state index contributed by atoms with van der Waals surface area (Å²) in [4.78, 5) is 34.8. The molecular formula is C32H29Cl2N3O3S. The molecule has 210 valence electrons.